The van der Waals surface area contributed by atoms with Crippen molar-refractivity contribution in [1.82, 2.24) is 4.90 Å². The molecular formula is C16H26N2O. The van der Waals surface area contributed by atoms with Gasteiger partial charge in [-0.15, -0.1) is 0 Å². The zero-order chi connectivity index (χ0) is 13.7. The summed E-state index contributed by atoms with van der Waals surface area (Å²) in [4.78, 5) is 2.41. The van der Waals surface area contributed by atoms with Gasteiger partial charge in [-0.05, 0) is 24.3 Å². The maximum Gasteiger partial charge on any atom is 0.0558 e. The Hall–Kier alpha value is -0.900. The van der Waals surface area contributed by atoms with Gasteiger partial charge in [-0.25, -0.2) is 0 Å². The van der Waals surface area contributed by atoms with E-state index < -0.39 is 0 Å². The van der Waals surface area contributed by atoms with Crippen LogP contribution in [-0.2, 0) is 0 Å². The summed E-state index contributed by atoms with van der Waals surface area (Å²) in [5.74, 6) is 0.398. The van der Waals surface area contributed by atoms with Crippen molar-refractivity contribution in [3.05, 3.63) is 35.9 Å². The summed E-state index contributed by atoms with van der Waals surface area (Å²) in [6.07, 6.45) is 3.87. The van der Waals surface area contributed by atoms with Gasteiger partial charge in [0.25, 0.3) is 0 Å². The summed E-state index contributed by atoms with van der Waals surface area (Å²) < 4.78 is 0. The molecule has 0 aromatic heterocycles. The molecule has 2 atom stereocenters. The van der Waals surface area contributed by atoms with Gasteiger partial charge in [-0.2, -0.15) is 0 Å². The summed E-state index contributed by atoms with van der Waals surface area (Å²) >= 11 is 0. The first kappa shape index (κ1) is 14.5. The van der Waals surface area contributed by atoms with Crippen molar-refractivity contribution in [2.45, 2.75) is 38.3 Å². The Morgan fingerprint density at radius 1 is 1.32 bits per heavy atom. The van der Waals surface area contributed by atoms with E-state index in [9.17, 15) is 5.11 Å². The highest BCUT2D eigenvalue weighted by Crippen LogP contribution is 2.27. The van der Waals surface area contributed by atoms with Crippen molar-refractivity contribution in [2.75, 3.05) is 19.7 Å². The van der Waals surface area contributed by atoms with Crippen LogP contribution in [0.3, 0.4) is 0 Å². The molecule has 1 aliphatic carbocycles. The van der Waals surface area contributed by atoms with Gasteiger partial charge in [0.15, 0.2) is 0 Å². The highest BCUT2D eigenvalue weighted by molar-refractivity contribution is 5.19. The molecule has 0 aliphatic heterocycles. The van der Waals surface area contributed by atoms with Crippen LogP contribution < -0.4 is 5.73 Å². The van der Waals surface area contributed by atoms with Crippen LogP contribution in [-0.4, -0.2) is 35.7 Å². The van der Waals surface area contributed by atoms with E-state index in [1.807, 2.05) is 18.2 Å². The van der Waals surface area contributed by atoms with E-state index >= 15 is 0 Å². The molecule has 1 aromatic rings. The number of aliphatic hydroxyl groups is 1. The number of benzene rings is 1. The molecule has 0 amide bonds. The van der Waals surface area contributed by atoms with Crippen molar-refractivity contribution in [1.29, 1.82) is 0 Å². The first-order valence-corrected chi connectivity index (χ1v) is 7.38. The topological polar surface area (TPSA) is 49.5 Å². The van der Waals surface area contributed by atoms with Crippen LogP contribution in [0.1, 0.15) is 37.8 Å². The fourth-order valence-corrected chi connectivity index (χ4v) is 2.79. The van der Waals surface area contributed by atoms with Crippen molar-refractivity contribution in [3.63, 3.8) is 0 Å². The first-order chi connectivity index (χ1) is 9.22. The van der Waals surface area contributed by atoms with Crippen molar-refractivity contribution < 1.29 is 5.11 Å². The number of nitrogens with zero attached hydrogens (tertiary/aromatic N) is 1. The molecule has 3 heteroatoms. The fraction of sp³-hybridized carbons (Fsp3) is 0.625. The molecule has 1 aromatic carbocycles. The summed E-state index contributed by atoms with van der Waals surface area (Å²) in [7, 11) is 0. The Bertz CT molecular complexity index is 364. The third-order valence-corrected chi connectivity index (χ3v) is 4.30. The molecule has 1 fully saturated rings. The van der Waals surface area contributed by atoms with Crippen molar-refractivity contribution in [3.8, 4) is 0 Å². The SMILES string of the molecule is CC(CN(CCO)C1CCC1)C(N)c1ccccc1. The van der Waals surface area contributed by atoms with E-state index in [1.165, 1.54) is 24.8 Å². The van der Waals surface area contributed by atoms with E-state index in [-0.39, 0.29) is 12.6 Å². The Kier molecular flexibility index (Phi) is 5.37. The van der Waals surface area contributed by atoms with Crippen LogP contribution in [0.25, 0.3) is 0 Å². The van der Waals surface area contributed by atoms with Gasteiger partial charge in [0.1, 0.15) is 0 Å². The predicted octanol–water partition coefficient (Wildman–Crippen LogP) is 2.17. The van der Waals surface area contributed by atoms with Gasteiger partial charge in [-0.1, -0.05) is 43.7 Å². The summed E-state index contributed by atoms with van der Waals surface area (Å²) in [5.41, 5.74) is 7.55. The summed E-state index contributed by atoms with van der Waals surface area (Å²) in [6.45, 7) is 4.20. The normalized spacial score (nSPS) is 19.2. The molecule has 0 heterocycles. The average molecular weight is 262 g/mol. The maximum absolute atomic E-state index is 9.20. The zero-order valence-corrected chi connectivity index (χ0v) is 11.8. The van der Waals surface area contributed by atoms with Crippen LogP contribution in [0.2, 0.25) is 0 Å². The van der Waals surface area contributed by atoms with Gasteiger partial charge in [0.2, 0.25) is 0 Å². The molecule has 2 unspecified atom stereocenters. The van der Waals surface area contributed by atoms with Gasteiger partial charge in [0, 0.05) is 25.2 Å². The zero-order valence-electron chi connectivity index (χ0n) is 11.8. The van der Waals surface area contributed by atoms with Gasteiger partial charge in [-0.3, -0.25) is 4.90 Å². The van der Waals surface area contributed by atoms with Crippen LogP contribution >= 0.6 is 0 Å². The molecular weight excluding hydrogens is 236 g/mol. The van der Waals surface area contributed by atoms with Gasteiger partial charge < -0.3 is 10.8 Å². The summed E-state index contributed by atoms with van der Waals surface area (Å²) in [5, 5.41) is 9.20. The minimum Gasteiger partial charge on any atom is -0.395 e. The molecule has 106 valence electrons. The standard InChI is InChI=1S/C16H26N2O/c1-13(16(17)14-6-3-2-4-7-14)12-18(10-11-19)15-8-5-9-15/h2-4,6-7,13,15-16,19H,5,8-12,17H2,1H3. The Morgan fingerprint density at radius 2 is 2.00 bits per heavy atom. The average Bonchev–Trinajstić information content (AvgIpc) is 2.37. The lowest BCUT2D eigenvalue weighted by Crippen LogP contribution is -2.45. The predicted molar refractivity (Wildman–Crippen MR) is 78.8 cm³/mol. The minimum atomic E-state index is 0.0717. The van der Waals surface area contributed by atoms with E-state index in [2.05, 4.69) is 24.0 Å². The molecule has 1 aliphatic rings. The van der Waals surface area contributed by atoms with Crippen LogP contribution in [0.4, 0.5) is 0 Å². The Labute approximate surface area is 116 Å². The quantitative estimate of drug-likeness (QED) is 0.792. The highest BCUT2D eigenvalue weighted by Gasteiger charge is 2.27. The largest absolute Gasteiger partial charge is 0.395 e. The third-order valence-electron chi connectivity index (χ3n) is 4.30. The van der Waals surface area contributed by atoms with Crippen LogP contribution in [0.15, 0.2) is 30.3 Å². The fourth-order valence-electron chi connectivity index (χ4n) is 2.79. The third kappa shape index (κ3) is 3.78. The lowest BCUT2D eigenvalue weighted by Gasteiger charge is -2.39. The van der Waals surface area contributed by atoms with Crippen LogP contribution in [0, 0.1) is 5.92 Å². The van der Waals surface area contributed by atoms with Gasteiger partial charge >= 0.3 is 0 Å². The summed E-state index contributed by atoms with van der Waals surface area (Å²) in [6, 6.07) is 11.0. The molecule has 19 heavy (non-hydrogen) atoms. The van der Waals surface area contributed by atoms with Crippen LogP contribution in [0.5, 0.6) is 0 Å². The molecule has 0 radical (unpaired) electrons. The molecule has 2 rings (SSSR count). The first-order valence-electron chi connectivity index (χ1n) is 7.38. The number of hydrogen-bond donors (Lipinski definition) is 2. The lowest BCUT2D eigenvalue weighted by atomic mass is 9.89. The van der Waals surface area contributed by atoms with E-state index in [0.717, 1.165) is 13.1 Å². The van der Waals surface area contributed by atoms with E-state index in [0.29, 0.717) is 12.0 Å². The minimum absolute atomic E-state index is 0.0717. The number of aliphatic hydroxyl groups excluding tert-OH is 1. The molecule has 3 nitrogen and oxygen atoms in total. The maximum atomic E-state index is 9.20. The second kappa shape index (κ2) is 7.04. The second-order valence-corrected chi connectivity index (χ2v) is 5.72. The molecule has 3 N–H and O–H groups in total. The van der Waals surface area contributed by atoms with E-state index in [1.54, 1.807) is 0 Å². The monoisotopic (exact) mass is 262 g/mol. The molecule has 0 saturated heterocycles. The molecule has 0 bridgehead atoms. The number of rotatable bonds is 7. The lowest BCUT2D eigenvalue weighted by molar-refractivity contribution is 0.0832. The highest BCUT2D eigenvalue weighted by atomic mass is 16.3. The van der Waals surface area contributed by atoms with Crippen molar-refractivity contribution >= 4 is 0 Å². The second-order valence-electron chi connectivity index (χ2n) is 5.72. The van der Waals surface area contributed by atoms with Crippen molar-refractivity contribution in [2.24, 2.45) is 11.7 Å². The molecule has 0 spiro atoms. The smallest absolute Gasteiger partial charge is 0.0558 e. The number of hydrogen-bond acceptors (Lipinski definition) is 3. The van der Waals surface area contributed by atoms with E-state index in [4.69, 9.17) is 5.73 Å². The number of nitrogens with two attached hydrogens (primary N) is 1. The molecule has 1 saturated carbocycles. The van der Waals surface area contributed by atoms with Gasteiger partial charge in [0.05, 0.1) is 6.61 Å². The Balaban J connectivity index is 1.92. The Morgan fingerprint density at radius 3 is 2.53 bits per heavy atom.